The number of unbranched alkanes of at least 4 members (excludes halogenated alkanes) is 3. The molecule has 8 amide bonds. The molecule has 0 aromatic heterocycles. The average molecular weight is 753 g/mol. The van der Waals surface area contributed by atoms with E-state index in [0.29, 0.717) is 51.6 Å². The van der Waals surface area contributed by atoms with Crippen LogP contribution in [0.25, 0.3) is 0 Å². The maximum absolute atomic E-state index is 13.3. The van der Waals surface area contributed by atoms with Gasteiger partial charge in [0.05, 0.1) is 11.0 Å². The van der Waals surface area contributed by atoms with Gasteiger partial charge >= 0.3 is 0 Å². The normalized spacial score (nSPS) is 12.4. The number of hydrogen-bond acceptors (Lipinski definition) is 8. The van der Waals surface area contributed by atoms with Gasteiger partial charge in [-0.15, -0.1) is 0 Å². The molecule has 256 valence electrons. The monoisotopic (exact) mass is 752 g/mol. The summed E-state index contributed by atoms with van der Waals surface area (Å²) in [5.74, 6) is -3.39. The lowest BCUT2D eigenvalue weighted by Crippen LogP contribution is -2.56. The van der Waals surface area contributed by atoms with Crippen LogP contribution in [0.4, 0.5) is 0 Å². The molecule has 0 aliphatic carbocycles. The molecule has 0 spiro atoms. The standard InChI is InChI=1S/C28H49IN8O8/c1-18(38)31-13-7-4-10-21(26(30)43)36-28(45)23(12-6-9-15-33-25(42)17-34-24(41)16-29)37-27(44)22(35-20(3)40)11-5-8-14-32-19(2)39/h21-23H,4-17H2,1-3H3,(H2,30,43)(H,31,38)(H,32,39)(H,33,42)(H,34,41)(H,35,40)(H,36,45)(H,37,44)/t21-,22-,23-/m0/s1. The second kappa shape index (κ2) is 24.8. The van der Waals surface area contributed by atoms with E-state index in [1.165, 1.54) is 20.8 Å². The Hall–Kier alpha value is -3.51. The summed E-state index contributed by atoms with van der Waals surface area (Å²) in [6.45, 7) is 4.99. The molecule has 0 aromatic carbocycles. The fourth-order valence-electron chi connectivity index (χ4n) is 4.08. The van der Waals surface area contributed by atoms with Crippen molar-refractivity contribution in [1.82, 2.24) is 37.2 Å². The van der Waals surface area contributed by atoms with E-state index in [4.69, 9.17) is 5.73 Å². The van der Waals surface area contributed by atoms with Gasteiger partial charge in [0.15, 0.2) is 0 Å². The highest BCUT2D eigenvalue weighted by Crippen LogP contribution is 2.08. The topological polar surface area (TPSA) is 247 Å². The minimum Gasteiger partial charge on any atom is -0.368 e. The largest absolute Gasteiger partial charge is 0.368 e. The zero-order valence-corrected chi connectivity index (χ0v) is 28.5. The fraction of sp³-hybridized carbons (Fsp3) is 0.714. The number of carbonyl (C=O) groups is 8. The zero-order chi connectivity index (χ0) is 34.2. The first-order valence-electron chi connectivity index (χ1n) is 15.0. The highest BCUT2D eigenvalue weighted by Gasteiger charge is 2.28. The van der Waals surface area contributed by atoms with Crippen molar-refractivity contribution in [2.75, 3.05) is 30.6 Å². The molecule has 16 nitrogen and oxygen atoms in total. The Morgan fingerprint density at radius 2 is 0.956 bits per heavy atom. The van der Waals surface area contributed by atoms with Gasteiger partial charge in [-0.1, -0.05) is 22.6 Å². The van der Waals surface area contributed by atoms with E-state index in [0.717, 1.165) is 0 Å². The highest BCUT2D eigenvalue weighted by molar-refractivity contribution is 14.1. The van der Waals surface area contributed by atoms with Gasteiger partial charge in [0.1, 0.15) is 18.1 Å². The number of nitrogens with one attached hydrogen (secondary N) is 7. The third-order valence-corrected chi connectivity index (χ3v) is 7.08. The molecule has 0 saturated carbocycles. The van der Waals surface area contributed by atoms with Gasteiger partial charge in [0.25, 0.3) is 0 Å². The van der Waals surface area contributed by atoms with Crippen molar-refractivity contribution in [1.29, 1.82) is 0 Å². The molecule has 3 atom stereocenters. The van der Waals surface area contributed by atoms with Gasteiger partial charge in [-0.25, -0.2) is 0 Å². The lowest BCUT2D eigenvalue weighted by molar-refractivity contribution is -0.133. The quantitative estimate of drug-likeness (QED) is 0.0323. The van der Waals surface area contributed by atoms with Gasteiger partial charge in [-0.2, -0.15) is 0 Å². The van der Waals surface area contributed by atoms with Gasteiger partial charge in [-0.05, 0) is 57.8 Å². The van der Waals surface area contributed by atoms with Gasteiger partial charge in [-0.3, -0.25) is 38.4 Å². The Morgan fingerprint density at radius 1 is 0.533 bits per heavy atom. The van der Waals surface area contributed by atoms with Crippen LogP contribution < -0.4 is 43.0 Å². The summed E-state index contributed by atoms with van der Waals surface area (Å²) in [7, 11) is 0. The minimum absolute atomic E-state index is 0.155. The van der Waals surface area contributed by atoms with Gasteiger partial charge in [0.2, 0.25) is 47.3 Å². The molecule has 9 N–H and O–H groups in total. The summed E-state index contributed by atoms with van der Waals surface area (Å²) in [4.78, 5) is 95.8. The third kappa shape index (κ3) is 22.6. The van der Waals surface area contributed by atoms with E-state index < -0.39 is 41.8 Å². The predicted molar refractivity (Wildman–Crippen MR) is 174 cm³/mol. The summed E-state index contributed by atoms with van der Waals surface area (Å²) in [5, 5.41) is 18.3. The number of hydrogen-bond donors (Lipinski definition) is 8. The second-order valence-electron chi connectivity index (χ2n) is 10.5. The van der Waals surface area contributed by atoms with Crippen LogP contribution in [-0.4, -0.2) is 96.0 Å². The van der Waals surface area contributed by atoms with E-state index in [1.807, 2.05) is 22.6 Å². The molecule has 45 heavy (non-hydrogen) atoms. The number of rotatable bonds is 24. The van der Waals surface area contributed by atoms with E-state index >= 15 is 0 Å². The van der Waals surface area contributed by atoms with Crippen LogP contribution in [0, 0.1) is 0 Å². The Balaban J connectivity index is 5.37. The number of primary amides is 1. The molecule has 0 aromatic rings. The number of nitrogens with two attached hydrogens (primary N) is 1. The van der Waals surface area contributed by atoms with Crippen molar-refractivity contribution >= 4 is 69.8 Å². The van der Waals surface area contributed by atoms with Crippen LogP contribution in [0.15, 0.2) is 0 Å². The van der Waals surface area contributed by atoms with Crippen molar-refractivity contribution in [2.45, 2.75) is 96.7 Å². The first-order valence-corrected chi connectivity index (χ1v) is 16.5. The van der Waals surface area contributed by atoms with Gasteiger partial charge < -0.3 is 43.0 Å². The number of halogens is 1. The van der Waals surface area contributed by atoms with E-state index in [1.54, 1.807) is 0 Å². The molecule has 0 radical (unpaired) electrons. The zero-order valence-electron chi connectivity index (χ0n) is 26.4. The maximum Gasteiger partial charge on any atom is 0.243 e. The minimum atomic E-state index is -1.08. The average Bonchev–Trinajstić information content (AvgIpc) is 2.96. The first-order chi connectivity index (χ1) is 21.3. The summed E-state index contributed by atoms with van der Waals surface area (Å²) < 4.78 is 0.230. The molecule has 0 fully saturated rings. The summed E-state index contributed by atoms with van der Waals surface area (Å²) >= 11 is 1.88. The smallest absolute Gasteiger partial charge is 0.243 e. The van der Waals surface area contributed by atoms with Gasteiger partial charge in [0, 0.05) is 40.4 Å². The number of carbonyl (C=O) groups excluding carboxylic acids is 8. The number of amides is 8. The third-order valence-electron chi connectivity index (χ3n) is 6.38. The Morgan fingerprint density at radius 3 is 1.38 bits per heavy atom. The highest BCUT2D eigenvalue weighted by atomic mass is 127. The van der Waals surface area contributed by atoms with E-state index in [9.17, 15) is 38.4 Å². The molecule has 0 heterocycles. The van der Waals surface area contributed by atoms with Crippen molar-refractivity contribution in [3.05, 3.63) is 0 Å². The van der Waals surface area contributed by atoms with Crippen molar-refractivity contribution in [2.24, 2.45) is 5.73 Å². The lowest BCUT2D eigenvalue weighted by atomic mass is 10.0. The SMILES string of the molecule is CC(=O)NCCCC[C@H](NC(=O)[C@H](CCCCNC(=O)CNC(=O)CI)NC(=O)[C@H](CCCCNC(C)=O)NC(C)=O)C(N)=O. The fourth-order valence-corrected chi connectivity index (χ4v) is 4.35. The van der Waals surface area contributed by atoms with Crippen molar-refractivity contribution in [3.8, 4) is 0 Å². The van der Waals surface area contributed by atoms with E-state index in [-0.39, 0.29) is 60.4 Å². The molecular weight excluding hydrogens is 703 g/mol. The van der Waals surface area contributed by atoms with Crippen LogP contribution in [0.1, 0.15) is 78.6 Å². The van der Waals surface area contributed by atoms with Crippen LogP contribution >= 0.6 is 22.6 Å². The molecular formula is C28H49IN8O8. The molecule has 0 aliphatic rings. The first kappa shape index (κ1) is 41.5. The Labute approximate surface area is 277 Å². The lowest BCUT2D eigenvalue weighted by Gasteiger charge is -2.25. The van der Waals surface area contributed by atoms with Crippen LogP contribution in [0.2, 0.25) is 0 Å². The van der Waals surface area contributed by atoms with Crippen molar-refractivity contribution < 1.29 is 38.4 Å². The van der Waals surface area contributed by atoms with Crippen LogP contribution in [0.5, 0.6) is 0 Å². The Bertz CT molecular complexity index is 1010. The van der Waals surface area contributed by atoms with Crippen LogP contribution in [0.3, 0.4) is 0 Å². The van der Waals surface area contributed by atoms with E-state index in [2.05, 4.69) is 37.2 Å². The Kier molecular flexibility index (Phi) is 22.8. The summed E-state index contributed by atoms with van der Waals surface area (Å²) in [5.41, 5.74) is 5.52. The molecule has 0 bridgehead atoms. The molecule has 0 unspecified atom stereocenters. The molecule has 0 rings (SSSR count). The summed E-state index contributed by atoms with van der Waals surface area (Å²) in [6.07, 6.45) is 3.63. The van der Waals surface area contributed by atoms with Crippen molar-refractivity contribution in [3.63, 3.8) is 0 Å². The molecule has 0 aliphatic heterocycles. The van der Waals surface area contributed by atoms with Crippen LogP contribution in [-0.2, 0) is 38.4 Å². The second-order valence-corrected chi connectivity index (χ2v) is 11.3. The molecule has 0 saturated heterocycles. The summed E-state index contributed by atoms with van der Waals surface area (Å²) in [6, 6.07) is -3.02. The predicted octanol–water partition coefficient (Wildman–Crippen LogP) is -1.60. The molecule has 17 heteroatoms. The number of alkyl halides is 1. The maximum atomic E-state index is 13.3.